The van der Waals surface area contributed by atoms with E-state index in [1.54, 1.807) is 0 Å². The molecular weight excluding hydrogens is 412 g/mol. The van der Waals surface area contributed by atoms with Crippen LogP contribution in [0.25, 0.3) is 11.4 Å². The zero-order chi connectivity index (χ0) is 21.3. The van der Waals surface area contributed by atoms with E-state index in [1.165, 1.54) is 46.2 Å². The minimum absolute atomic E-state index is 0.0252. The standard InChI is InChI=1S/C23H28N4OS2/c1-5-27-22(18-12-29-20-11-14(2)9-10-17(18)20)25-26-23(27)30-13-21(28)24-19-8-6-7-15(3)16(19)4/h6-8,12,14H,5,9-11,13H2,1-4H3,(H,24,28). The Morgan fingerprint density at radius 1 is 1.33 bits per heavy atom. The lowest BCUT2D eigenvalue weighted by Crippen LogP contribution is -2.15. The van der Waals surface area contributed by atoms with Gasteiger partial charge in [0.1, 0.15) is 0 Å². The third-order valence-electron chi connectivity index (χ3n) is 5.89. The van der Waals surface area contributed by atoms with Crippen LogP contribution < -0.4 is 5.32 Å². The van der Waals surface area contributed by atoms with Gasteiger partial charge in [0.15, 0.2) is 11.0 Å². The average molecular weight is 441 g/mol. The molecule has 0 bridgehead atoms. The van der Waals surface area contributed by atoms with Gasteiger partial charge in [0, 0.05) is 28.1 Å². The number of thiophene rings is 1. The summed E-state index contributed by atoms with van der Waals surface area (Å²) in [5.74, 6) is 1.98. The van der Waals surface area contributed by atoms with Crippen molar-refractivity contribution >= 4 is 34.7 Å². The van der Waals surface area contributed by atoms with Crippen LogP contribution in [0.5, 0.6) is 0 Å². The maximum atomic E-state index is 12.5. The van der Waals surface area contributed by atoms with Crippen molar-refractivity contribution in [1.82, 2.24) is 14.8 Å². The number of benzene rings is 1. The molecule has 0 saturated heterocycles. The Bertz CT molecular complexity index is 1070. The van der Waals surface area contributed by atoms with E-state index in [9.17, 15) is 4.79 Å². The molecule has 1 unspecified atom stereocenters. The van der Waals surface area contributed by atoms with Gasteiger partial charge in [0.25, 0.3) is 0 Å². The van der Waals surface area contributed by atoms with E-state index in [4.69, 9.17) is 0 Å². The molecule has 5 nitrogen and oxygen atoms in total. The highest BCUT2D eigenvalue weighted by atomic mass is 32.2. The van der Waals surface area contributed by atoms with E-state index >= 15 is 0 Å². The molecule has 1 aliphatic rings. The van der Waals surface area contributed by atoms with Crippen LogP contribution in [-0.4, -0.2) is 26.4 Å². The summed E-state index contributed by atoms with van der Waals surface area (Å²) in [6, 6.07) is 5.96. The van der Waals surface area contributed by atoms with Crippen molar-refractivity contribution in [2.75, 3.05) is 11.1 Å². The molecule has 0 saturated carbocycles. The van der Waals surface area contributed by atoms with Crippen LogP contribution in [-0.2, 0) is 24.2 Å². The van der Waals surface area contributed by atoms with Gasteiger partial charge in [-0.1, -0.05) is 30.8 Å². The molecular formula is C23H28N4OS2. The molecule has 0 radical (unpaired) electrons. The van der Waals surface area contributed by atoms with Crippen LogP contribution in [0, 0.1) is 19.8 Å². The number of hydrogen-bond acceptors (Lipinski definition) is 5. The van der Waals surface area contributed by atoms with Gasteiger partial charge >= 0.3 is 0 Å². The minimum Gasteiger partial charge on any atom is -0.325 e. The molecule has 0 fully saturated rings. The summed E-state index contributed by atoms with van der Waals surface area (Å²) in [4.78, 5) is 14.0. The topological polar surface area (TPSA) is 59.8 Å². The SMILES string of the molecule is CCn1c(SCC(=O)Nc2cccc(C)c2C)nnc1-c1csc2c1CCC(C)C2. The lowest BCUT2D eigenvalue weighted by Gasteiger charge is -2.19. The molecule has 4 rings (SSSR count). The van der Waals surface area contributed by atoms with Crippen molar-refractivity contribution in [1.29, 1.82) is 0 Å². The first kappa shape index (κ1) is 21.1. The largest absolute Gasteiger partial charge is 0.325 e. The van der Waals surface area contributed by atoms with Crippen molar-refractivity contribution < 1.29 is 4.79 Å². The maximum Gasteiger partial charge on any atom is 0.234 e. The van der Waals surface area contributed by atoms with Gasteiger partial charge in [-0.25, -0.2) is 0 Å². The molecule has 7 heteroatoms. The molecule has 3 aromatic rings. The Hall–Kier alpha value is -2.12. The number of nitrogens with one attached hydrogen (secondary N) is 1. The number of amides is 1. The fourth-order valence-corrected chi connectivity index (χ4v) is 5.99. The molecule has 1 aliphatic carbocycles. The van der Waals surface area contributed by atoms with Gasteiger partial charge in [-0.2, -0.15) is 0 Å². The first-order chi connectivity index (χ1) is 14.5. The fraction of sp³-hybridized carbons (Fsp3) is 0.435. The average Bonchev–Trinajstić information content (AvgIpc) is 3.32. The summed E-state index contributed by atoms with van der Waals surface area (Å²) in [5.41, 5.74) is 5.82. The highest BCUT2D eigenvalue weighted by molar-refractivity contribution is 7.99. The van der Waals surface area contributed by atoms with E-state index in [0.29, 0.717) is 5.75 Å². The molecule has 1 atom stereocenters. The second-order valence-electron chi connectivity index (χ2n) is 8.03. The summed E-state index contributed by atoms with van der Waals surface area (Å²) < 4.78 is 2.14. The van der Waals surface area contributed by atoms with Gasteiger partial charge in [0.2, 0.25) is 5.91 Å². The number of hydrogen-bond donors (Lipinski definition) is 1. The lowest BCUT2D eigenvalue weighted by atomic mass is 9.88. The fourth-order valence-electron chi connectivity index (χ4n) is 3.95. The smallest absolute Gasteiger partial charge is 0.234 e. The van der Waals surface area contributed by atoms with Crippen molar-refractivity contribution in [2.24, 2.45) is 5.92 Å². The van der Waals surface area contributed by atoms with Crippen LogP contribution in [0.4, 0.5) is 5.69 Å². The van der Waals surface area contributed by atoms with Crippen LogP contribution in [0.2, 0.25) is 0 Å². The second-order valence-corrected chi connectivity index (χ2v) is 9.94. The quantitative estimate of drug-likeness (QED) is 0.514. The van der Waals surface area contributed by atoms with Crippen LogP contribution in [0.15, 0.2) is 28.7 Å². The number of carbonyl (C=O) groups excluding carboxylic acids is 1. The van der Waals surface area contributed by atoms with E-state index in [2.05, 4.69) is 52.3 Å². The molecule has 1 N–H and O–H groups in total. The second kappa shape index (κ2) is 8.94. The summed E-state index contributed by atoms with van der Waals surface area (Å²) in [5, 5.41) is 15.0. The summed E-state index contributed by atoms with van der Waals surface area (Å²) >= 11 is 3.29. The lowest BCUT2D eigenvalue weighted by molar-refractivity contribution is -0.113. The Labute approximate surface area is 186 Å². The number of thioether (sulfide) groups is 1. The normalized spacial score (nSPS) is 15.8. The highest BCUT2D eigenvalue weighted by Gasteiger charge is 2.24. The van der Waals surface area contributed by atoms with Gasteiger partial charge in [-0.05, 0) is 68.7 Å². The number of anilines is 1. The molecule has 30 heavy (non-hydrogen) atoms. The zero-order valence-corrected chi connectivity index (χ0v) is 19.6. The van der Waals surface area contributed by atoms with E-state index in [1.807, 2.05) is 30.4 Å². The summed E-state index contributed by atoms with van der Waals surface area (Å²) in [6.45, 7) is 9.29. The molecule has 0 spiro atoms. The van der Waals surface area contributed by atoms with E-state index in [0.717, 1.165) is 41.1 Å². The Morgan fingerprint density at radius 3 is 2.97 bits per heavy atom. The number of fused-ring (bicyclic) bond motifs is 1. The minimum atomic E-state index is -0.0252. The van der Waals surface area contributed by atoms with Gasteiger partial charge in [0.05, 0.1) is 5.75 Å². The Balaban J connectivity index is 1.48. The Kier molecular flexibility index (Phi) is 6.29. The third-order valence-corrected chi connectivity index (χ3v) is 7.90. The van der Waals surface area contributed by atoms with Crippen LogP contribution >= 0.6 is 23.1 Å². The predicted octanol–water partition coefficient (Wildman–Crippen LogP) is 5.50. The molecule has 0 aliphatic heterocycles. The molecule has 1 amide bonds. The van der Waals surface area contributed by atoms with Crippen molar-refractivity contribution in [3.05, 3.63) is 45.1 Å². The maximum absolute atomic E-state index is 12.5. The Morgan fingerprint density at radius 2 is 2.17 bits per heavy atom. The number of nitrogens with zero attached hydrogens (tertiary/aromatic N) is 3. The third kappa shape index (κ3) is 4.18. The van der Waals surface area contributed by atoms with Crippen molar-refractivity contribution in [2.45, 2.75) is 58.7 Å². The van der Waals surface area contributed by atoms with E-state index < -0.39 is 0 Å². The summed E-state index contributed by atoms with van der Waals surface area (Å²) in [6.07, 6.45) is 3.52. The highest BCUT2D eigenvalue weighted by Crippen LogP contribution is 2.38. The van der Waals surface area contributed by atoms with Crippen molar-refractivity contribution in [3.8, 4) is 11.4 Å². The number of rotatable bonds is 6. The van der Waals surface area contributed by atoms with Crippen LogP contribution in [0.1, 0.15) is 41.8 Å². The zero-order valence-electron chi connectivity index (χ0n) is 18.0. The van der Waals surface area contributed by atoms with Gasteiger partial charge in [-0.15, -0.1) is 21.5 Å². The summed E-state index contributed by atoms with van der Waals surface area (Å²) in [7, 11) is 0. The molecule has 158 valence electrons. The molecule has 2 aromatic heterocycles. The van der Waals surface area contributed by atoms with Gasteiger partial charge < -0.3 is 9.88 Å². The van der Waals surface area contributed by atoms with Crippen molar-refractivity contribution in [3.63, 3.8) is 0 Å². The van der Waals surface area contributed by atoms with E-state index in [-0.39, 0.29) is 5.91 Å². The molecule has 2 heterocycles. The number of carbonyl (C=O) groups is 1. The monoisotopic (exact) mass is 440 g/mol. The van der Waals surface area contributed by atoms with Crippen LogP contribution in [0.3, 0.4) is 0 Å². The predicted molar refractivity (Wildman–Crippen MR) is 125 cm³/mol. The molecule has 1 aromatic carbocycles. The number of aryl methyl sites for hydroxylation is 1. The number of aromatic nitrogens is 3. The first-order valence-corrected chi connectivity index (χ1v) is 12.4. The van der Waals surface area contributed by atoms with Gasteiger partial charge in [-0.3, -0.25) is 4.79 Å². The first-order valence-electron chi connectivity index (χ1n) is 10.5.